The third kappa shape index (κ3) is 4.40. The van der Waals surface area contributed by atoms with Crippen molar-refractivity contribution in [1.29, 1.82) is 0 Å². The van der Waals surface area contributed by atoms with Crippen molar-refractivity contribution in [2.24, 2.45) is 0 Å². The summed E-state index contributed by atoms with van der Waals surface area (Å²) in [6.07, 6.45) is 4.04. The van der Waals surface area contributed by atoms with Crippen molar-refractivity contribution in [3.8, 4) is 0 Å². The van der Waals surface area contributed by atoms with Crippen LogP contribution < -0.4 is 0 Å². The minimum Gasteiger partial charge on any atom is -0.472 e. The van der Waals surface area contributed by atoms with Crippen LogP contribution in [0.1, 0.15) is 31.2 Å². The van der Waals surface area contributed by atoms with E-state index >= 15 is 0 Å². The van der Waals surface area contributed by atoms with Gasteiger partial charge in [0.05, 0.1) is 25.2 Å². The fourth-order valence-corrected chi connectivity index (χ4v) is 3.30. The second kappa shape index (κ2) is 8.49. The van der Waals surface area contributed by atoms with E-state index in [2.05, 4.69) is 6.07 Å². The number of hydrogen-bond acceptors (Lipinski definition) is 5. The van der Waals surface area contributed by atoms with Gasteiger partial charge in [-0.15, -0.1) is 11.3 Å². The number of rotatable bonds is 7. The molecule has 0 aliphatic heterocycles. The molecule has 6 heteroatoms. The molecule has 0 atom stereocenters. The van der Waals surface area contributed by atoms with E-state index in [4.69, 9.17) is 9.15 Å². The Bertz CT molecular complexity index is 839. The average molecular weight is 369 g/mol. The topological polar surface area (TPSA) is 59.8 Å². The molecule has 0 bridgehead atoms. The Morgan fingerprint density at radius 2 is 1.88 bits per heavy atom. The number of ether oxygens (including phenoxy) is 1. The van der Waals surface area contributed by atoms with E-state index < -0.39 is 5.97 Å². The van der Waals surface area contributed by atoms with Gasteiger partial charge in [-0.1, -0.05) is 6.07 Å². The Morgan fingerprint density at radius 1 is 1.12 bits per heavy atom. The SMILES string of the molecule is COC(=O)c1ccc(C(=O)N(CCc2cccs2)Cc2ccoc2)cc1. The maximum absolute atomic E-state index is 13.0. The number of esters is 1. The van der Waals surface area contributed by atoms with E-state index in [9.17, 15) is 9.59 Å². The maximum atomic E-state index is 13.0. The number of thiophene rings is 1. The summed E-state index contributed by atoms with van der Waals surface area (Å²) in [5.74, 6) is -0.504. The lowest BCUT2D eigenvalue weighted by Crippen LogP contribution is -2.32. The van der Waals surface area contributed by atoms with Gasteiger partial charge in [-0.3, -0.25) is 4.79 Å². The van der Waals surface area contributed by atoms with Crippen LogP contribution in [0.5, 0.6) is 0 Å². The molecule has 0 N–H and O–H groups in total. The first-order chi connectivity index (χ1) is 12.7. The summed E-state index contributed by atoms with van der Waals surface area (Å²) < 4.78 is 9.81. The average Bonchev–Trinajstić information content (AvgIpc) is 3.38. The van der Waals surface area contributed by atoms with E-state index in [0.29, 0.717) is 24.2 Å². The van der Waals surface area contributed by atoms with Gasteiger partial charge in [0.2, 0.25) is 0 Å². The number of benzene rings is 1. The first-order valence-corrected chi connectivity index (χ1v) is 9.06. The number of carbonyl (C=O) groups excluding carboxylic acids is 2. The standard InChI is InChI=1S/C20H19NO4S/c1-24-20(23)17-6-4-16(5-7-17)19(22)21(13-15-9-11-25-14-15)10-8-18-3-2-12-26-18/h2-7,9,11-12,14H,8,10,13H2,1H3. The first-order valence-electron chi connectivity index (χ1n) is 8.18. The number of nitrogens with zero attached hydrogens (tertiary/aromatic N) is 1. The largest absolute Gasteiger partial charge is 0.472 e. The minimum absolute atomic E-state index is 0.0841. The molecule has 2 heterocycles. The van der Waals surface area contributed by atoms with Crippen molar-refractivity contribution >= 4 is 23.2 Å². The van der Waals surface area contributed by atoms with E-state index in [1.54, 1.807) is 53.0 Å². The number of amides is 1. The lowest BCUT2D eigenvalue weighted by Gasteiger charge is -2.22. The summed E-state index contributed by atoms with van der Waals surface area (Å²) >= 11 is 1.68. The van der Waals surface area contributed by atoms with Gasteiger partial charge in [0.1, 0.15) is 0 Å². The van der Waals surface area contributed by atoms with E-state index in [1.807, 2.05) is 17.5 Å². The monoisotopic (exact) mass is 369 g/mol. The highest BCUT2D eigenvalue weighted by atomic mass is 32.1. The predicted molar refractivity (Wildman–Crippen MR) is 99.3 cm³/mol. The van der Waals surface area contributed by atoms with Crippen molar-refractivity contribution in [1.82, 2.24) is 4.90 Å². The lowest BCUT2D eigenvalue weighted by molar-refractivity contribution is 0.0599. The zero-order chi connectivity index (χ0) is 18.4. The second-order valence-corrected chi connectivity index (χ2v) is 6.79. The van der Waals surface area contributed by atoms with Crippen LogP contribution in [0.3, 0.4) is 0 Å². The van der Waals surface area contributed by atoms with Crippen LogP contribution in [0.15, 0.2) is 64.8 Å². The molecule has 0 radical (unpaired) electrons. The summed E-state index contributed by atoms with van der Waals surface area (Å²) in [4.78, 5) is 27.5. The van der Waals surface area contributed by atoms with Crippen LogP contribution >= 0.6 is 11.3 Å². The summed E-state index contributed by atoms with van der Waals surface area (Å²) in [6.45, 7) is 1.07. The molecule has 0 aliphatic rings. The zero-order valence-corrected chi connectivity index (χ0v) is 15.2. The van der Waals surface area contributed by atoms with Crippen LogP contribution in [0.2, 0.25) is 0 Å². The molecule has 0 unspecified atom stereocenters. The van der Waals surface area contributed by atoms with Gasteiger partial charge in [-0.2, -0.15) is 0 Å². The first kappa shape index (κ1) is 17.9. The summed E-state index contributed by atoms with van der Waals surface area (Å²) in [6, 6.07) is 12.4. The van der Waals surface area contributed by atoms with Gasteiger partial charge < -0.3 is 14.1 Å². The molecule has 26 heavy (non-hydrogen) atoms. The Morgan fingerprint density at radius 3 is 2.50 bits per heavy atom. The third-order valence-electron chi connectivity index (χ3n) is 4.00. The molecule has 0 aliphatic carbocycles. The third-order valence-corrected chi connectivity index (χ3v) is 4.94. The van der Waals surface area contributed by atoms with Crippen molar-refractivity contribution in [3.05, 3.63) is 81.9 Å². The van der Waals surface area contributed by atoms with Crippen LogP contribution in [0.25, 0.3) is 0 Å². The fraction of sp³-hybridized carbons (Fsp3) is 0.200. The van der Waals surface area contributed by atoms with Crippen molar-refractivity contribution in [2.75, 3.05) is 13.7 Å². The lowest BCUT2D eigenvalue weighted by atomic mass is 10.1. The molecule has 1 aromatic carbocycles. The Labute approximate surface area is 155 Å². The molecule has 3 aromatic rings. The Kier molecular flexibility index (Phi) is 5.86. The van der Waals surface area contributed by atoms with Gasteiger partial charge in [0.15, 0.2) is 0 Å². The van der Waals surface area contributed by atoms with Crippen LogP contribution in [0.4, 0.5) is 0 Å². The summed E-state index contributed by atoms with van der Waals surface area (Å²) in [5.41, 5.74) is 1.90. The Balaban J connectivity index is 1.75. The quantitative estimate of drug-likeness (QED) is 0.591. The van der Waals surface area contributed by atoms with Crippen LogP contribution in [-0.4, -0.2) is 30.4 Å². The number of methoxy groups -OCH3 is 1. The van der Waals surface area contributed by atoms with Gasteiger partial charge in [0.25, 0.3) is 5.91 Å². The molecular weight excluding hydrogens is 350 g/mol. The van der Waals surface area contributed by atoms with Crippen molar-refractivity contribution in [3.63, 3.8) is 0 Å². The molecule has 0 fully saturated rings. The highest BCUT2D eigenvalue weighted by molar-refractivity contribution is 7.09. The van der Waals surface area contributed by atoms with E-state index in [-0.39, 0.29) is 5.91 Å². The second-order valence-electron chi connectivity index (χ2n) is 5.76. The zero-order valence-electron chi connectivity index (χ0n) is 14.4. The molecule has 2 aromatic heterocycles. The minimum atomic E-state index is -0.419. The number of hydrogen-bond donors (Lipinski definition) is 0. The Hall–Kier alpha value is -2.86. The molecule has 0 saturated carbocycles. The normalized spacial score (nSPS) is 10.5. The molecule has 1 amide bonds. The van der Waals surface area contributed by atoms with Gasteiger partial charge >= 0.3 is 5.97 Å². The fourth-order valence-electron chi connectivity index (χ4n) is 2.60. The molecule has 5 nitrogen and oxygen atoms in total. The maximum Gasteiger partial charge on any atom is 0.337 e. The van der Waals surface area contributed by atoms with Crippen LogP contribution in [-0.2, 0) is 17.7 Å². The molecule has 0 saturated heterocycles. The summed E-state index contributed by atoms with van der Waals surface area (Å²) in [5, 5.41) is 2.03. The molecule has 0 spiro atoms. The van der Waals surface area contributed by atoms with Crippen molar-refractivity contribution < 1.29 is 18.7 Å². The summed E-state index contributed by atoms with van der Waals surface area (Å²) in [7, 11) is 1.33. The molecule has 134 valence electrons. The van der Waals surface area contributed by atoms with E-state index in [1.165, 1.54) is 12.0 Å². The van der Waals surface area contributed by atoms with Gasteiger partial charge in [-0.05, 0) is 48.2 Å². The predicted octanol–water partition coefficient (Wildman–Crippen LogP) is 4.01. The van der Waals surface area contributed by atoms with Gasteiger partial charge in [0, 0.05) is 29.1 Å². The number of carbonyl (C=O) groups is 2. The smallest absolute Gasteiger partial charge is 0.337 e. The van der Waals surface area contributed by atoms with Gasteiger partial charge in [-0.25, -0.2) is 4.79 Å². The number of furan rings is 1. The molecule has 3 rings (SSSR count). The highest BCUT2D eigenvalue weighted by Crippen LogP contribution is 2.15. The van der Waals surface area contributed by atoms with E-state index in [0.717, 1.165) is 12.0 Å². The highest BCUT2D eigenvalue weighted by Gasteiger charge is 2.17. The van der Waals surface area contributed by atoms with Crippen molar-refractivity contribution in [2.45, 2.75) is 13.0 Å². The van der Waals surface area contributed by atoms with Crippen LogP contribution in [0, 0.1) is 0 Å². The molecular formula is C20H19NO4S.